The largest absolute Gasteiger partial charge is 0.465 e. The molecule has 1 saturated carbocycles. The fourth-order valence-corrected chi connectivity index (χ4v) is 3.19. The third-order valence-electron chi connectivity index (χ3n) is 4.27. The number of carbonyl (C=O) groups excluding carboxylic acids is 1. The van der Waals surface area contributed by atoms with Gasteiger partial charge in [-0.15, -0.1) is 0 Å². The molecule has 0 saturated heterocycles. The zero-order chi connectivity index (χ0) is 14.5. The number of esters is 1. The second kappa shape index (κ2) is 6.86. The first kappa shape index (κ1) is 15.0. The minimum atomic E-state index is -0.282. The molecule has 20 heavy (non-hydrogen) atoms. The summed E-state index contributed by atoms with van der Waals surface area (Å²) in [4.78, 5) is 13.9. The molecular formula is C16H24N2O2. The van der Waals surface area contributed by atoms with Gasteiger partial charge in [-0.05, 0) is 50.0 Å². The van der Waals surface area contributed by atoms with Crippen LogP contribution in [0.1, 0.15) is 35.2 Å². The van der Waals surface area contributed by atoms with E-state index in [9.17, 15) is 4.79 Å². The normalized spacial score (nSPS) is 22.2. The molecule has 4 nitrogen and oxygen atoms in total. The van der Waals surface area contributed by atoms with Crippen LogP contribution < -0.4 is 5.73 Å². The van der Waals surface area contributed by atoms with Gasteiger partial charge in [0.25, 0.3) is 0 Å². The van der Waals surface area contributed by atoms with E-state index in [2.05, 4.69) is 18.0 Å². The lowest BCUT2D eigenvalue weighted by atomic mass is 10.0. The van der Waals surface area contributed by atoms with Crippen LogP contribution in [0.15, 0.2) is 24.3 Å². The molecule has 2 atom stereocenters. The van der Waals surface area contributed by atoms with Crippen LogP contribution in [0.3, 0.4) is 0 Å². The molecule has 1 aromatic carbocycles. The summed E-state index contributed by atoms with van der Waals surface area (Å²) in [6.07, 6.45) is 3.71. The van der Waals surface area contributed by atoms with E-state index in [0.717, 1.165) is 18.7 Å². The molecule has 0 bridgehead atoms. The van der Waals surface area contributed by atoms with Gasteiger partial charge in [-0.2, -0.15) is 0 Å². The smallest absolute Gasteiger partial charge is 0.337 e. The highest BCUT2D eigenvalue weighted by atomic mass is 16.5. The Morgan fingerprint density at radius 1 is 1.45 bits per heavy atom. The minimum Gasteiger partial charge on any atom is -0.465 e. The molecule has 0 spiro atoms. The van der Waals surface area contributed by atoms with Gasteiger partial charge in [0.1, 0.15) is 0 Å². The lowest BCUT2D eigenvalue weighted by Crippen LogP contribution is -2.37. The molecule has 110 valence electrons. The van der Waals surface area contributed by atoms with Crippen LogP contribution in [0.25, 0.3) is 0 Å². The number of hydrogen-bond acceptors (Lipinski definition) is 4. The topological polar surface area (TPSA) is 55.6 Å². The molecule has 0 aliphatic heterocycles. The first-order valence-corrected chi connectivity index (χ1v) is 7.23. The number of benzene rings is 1. The molecule has 2 rings (SSSR count). The van der Waals surface area contributed by atoms with Gasteiger partial charge in [-0.25, -0.2) is 4.79 Å². The van der Waals surface area contributed by atoms with Gasteiger partial charge in [-0.3, -0.25) is 4.90 Å². The van der Waals surface area contributed by atoms with E-state index in [1.165, 1.54) is 26.4 Å². The Hall–Kier alpha value is -1.39. The molecule has 1 aliphatic rings. The Labute approximate surface area is 120 Å². The van der Waals surface area contributed by atoms with Gasteiger partial charge < -0.3 is 10.5 Å². The van der Waals surface area contributed by atoms with E-state index < -0.39 is 0 Å². The Morgan fingerprint density at radius 2 is 2.25 bits per heavy atom. The molecule has 1 aromatic rings. The fourth-order valence-electron chi connectivity index (χ4n) is 3.19. The van der Waals surface area contributed by atoms with E-state index in [0.29, 0.717) is 17.5 Å². The molecule has 0 heterocycles. The second-order valence-electron chi connectivity index (χ2n) is 5.60. The van der Waals surface area contributed by atoms with Crippen molar-refractivity contribution < 1.29 is 9.53 Å². The summed E-state index contributed by atoms with van der Waals surface area (Å²) in [5, 5.41) is 0. The van der Waals surface area contributed by atoms with E-state index in [1.54, 1.807) is 6.07 Å². The first-order valence-electron chi connectivity index (χ1n) is 7.23. The van der Waals surface area contributed by atoms with E-state index in [-0.39, 0.29) is 5.97 Å². The number of hydrogen-bond donors (Lipinski definition) is 1. The third kappa shape index (κ3) is 3.38. The van der Waals surface area contributed by atoms with Crippen molar-refractivity contribution in [3.63, 3.8) is 0 Å². The predicted octanol–water partition coefficient (Wildman–Crippen LogP) is 2.03. The molecule has 0 amide bonds. The third-order valence-corrected chi connectivity index (χ3v) is 4.27. The highest BCUT2D eigenvalue weighted by Crippen LogP contribution is 2.29. The summed E-state index contributed by atoms with van der Waals surface area (Å²) in [7, 11) is 3.55. The standard InChI is InChI=1S/C16H24N2O2/c1-18(15-8-4-7-14(15)10-17)11-12-5-3-6-13(9-12)16(19)20-2/h3,5-6,9,14-15H,4,7-8,10-11,17H2,1-2H3. The van der Waals surface area contributed by atoms with E-state index in [4.69, 9.17) is 10.5 Å². The summed E-state index contributed by atoms with van der Waals surface area (Å²) in [5.41, 5.74) is 7.60. The predicted molar refractivity (Wildman–Crippen MR) is 79.4 cm³/mol. The van der Waals surface area contributed by atoms with E-state index in [1.807, 2.05) is 12.1 Å². The van der Waals surface area contributed by atoms with Crippen LogP contribution in [-0.4, -0.2) is 37.6 Å². The number of methoxy groups -OCH3 is 1. The highest BCUT2D eigenvalue weighted by Gasteiger charge is 2.29. The van der Waals surface area contributed by atoms with Crippen molar-refractivity contribution in [1.29, 1.82) is 0 Å². The zero-order valence-electron chi connectivity index (χ0n) is 12.3. The molecule has 0 aromatic heterocycles. The Kier molecular flexibility index (Phi) is 5.15. The van der Waals surface area contributed by atoms with Crippen LogP contribution in [0.4, 0.5) is 0 Å². The summed E-state index contributed by atoms with van der Waals surface area (Å²) >= 11 is 0. The van der Waals surface area contributed by atoms with Crippen molar-refractivity contribution in [1.82, 2.24) is 4.90 Å². The Morgan fingerprint density at radius 3 is 2.95 bits per heavy atom. The summed E-state index contributed by atoms with van der Waals surface area (Å²) in [6, 6.07) is 8.21. The van der Waals surface area contributed by atoms with Crippen LogP contribution >= 0.6 is 0 Å². The SMILES string of the molecule is COC(=O)c1cccc(CN(C)C2CCCC2CN)c1. The maximum atomic E-state index is 11.6. The lowest BCUT2D eigenvalue weighted by Gasteiger charge is -2.29. The van der Waals surface area contributed by atoms with Gasteiger partial charge in [-0.1, -0.05) is 18.6 Å². The number of carbonyl (C=O) groups is 1. The van der Waals surface area contributed by atoms with Crippen molar-refractivity contribution in [2.24, 2.45) is 11.7 Å². The van der Waals surface area contributed by atoms with Gasteiger partial charge in [0, 0.05) is 12.6 Å². The summed E-state index contributed by atoms with van der Waals surface area (Å²) in [6.45, 7) is 1.60. The average molecular weight is 276 g/mol. The fraction of sp³-hybridized carbons (Fsp3) is 0.562. The van der Waals surface area contributed by atoms with Crippen molar-refractivity contribution in [3.8, 4) is 0 Å². The van der Waals surface area contributed by atoms with Crippen molar-refractivity contribution in [2.75, 3.05) is 20.7 Å². The number of rotatable bonds is 5. The Balaban J connectivity index is 2.04. The molecular weight excluding hydrogens is 252 g/mol. The number of nitrogens with two attached hydrogens (primary N) is 1. The quantitative estimate of drug-likeness (QED) is 0.836. The number of ether oxygens (including phenoxy) is 1. The Bertz CT molecular complexity index is 462. The molecule has 2 unspecified atom stereocenters. The number of nitrogens with zero attached hydrogens (tertiary/aromatic N) is 1. The molecule has 1 fully saturated rings. The van der Waals surface area contributed by atoms with Crippen LogP contribution in [-0.2, 0) is 11.3 Å². The van der Waals surface area contributed by atoms with Crippen molar-refractivity contribution in [3.05, 3.63) is 35.4 Å². The van der Waals surface area contributed by atoms with Gasteiger partial charge in [0.05, 0.1) is 12.7 Å². The highest BCUT2D eigenvalue weighted by molar-refractivity contribution is 5.89. The van der Waals surface area contributed by atoms with Gasteiger partial charge in [0.15, 0.2) is 0 Å². The lowest BCUT2D eigenvalue weighted by molar-refractivity contribution is 0.0600. The van der Waals surface area contributed by atoms with E-state index >= 15 is 0 Å². The van der Waals surface area contributed by atoms with Gasteiger partial charge >= 0.3 is 5.97 Å². The summed E-state index contributed by atoms with van der Waals surface area (Å²) in [5.74, 6) is 0.319. The monoisotopic (exact) mass is 276 g/mol. The summed E-state index contributed by atoms with van der Waals surface area (Å²) < 4.78 is 4.76. The molecule has 4 heteroatoms. The maximum absolute atomic E-state index is 11.6. The zero-order valence-corrected chi connectivity index (χ0v) is 12.3. The molecule has 1 aliphatic carbocycles. The molecule has 2 N–H and O–H groups in total. The van der Waals surface area contributed by atoms with Crippen LogP contribution in [0, 0.1) is 5.92 Å². The first-order chi connectivity index (χ1) is 9.65. The second-order valence-corrected chi connectivity index (χ2v) is 5.60. The maximum Gasteiger partial charge on any atom is 0.337 e. The van der Waals surface area contributed by atoms with Crippen LogP contribution in [0.5, 0.6) is 0 Å². The average Bonchev–Trinajstić information content (AvgIpc) is 2.95. The van der Waals surface area contributed by atoms with Crippen molar-refractivity contribution >= 4 is 5.97 Å². The minimum absolute atomic E-state index is 0.282. The van der Waals surface area contributed by atoms with Crippen molar-refractivity contribution in [2.45, 2.75) is 31.8 Å². The van der Waals surface area contributed by atoms with Gasteiger partial charge in [0.2, 0.25) is 0 Å². The molecule has 0 radical (unpaired) electrons. The van der Waals surface area contributed by atoms with Crippen LogP contribution in [0.2, 0.25) is 0 Å².